The first kappa shape index (κ1) is 13.4. The smallest absolute Gasteiger partial charge is 0.308 e. The lowest BCUT2D eigenvalue weighted by Crippen LogP contribution is -2.38. The predicted molar refractivity (Wildman–Crippen MR) is 74.6 cm³/mol. The molecule has 3 atom stereocenters. The minimum absolute atomic E-state index is 0.00523. The summed E-state index contributed by atoms with van der Waals surface area (Å²) in [5.41, 5.74) is 0.803. The zero-order valence-corrected chi connectivity index (χ0v) is 11.7. The van der Waals surface area contributed by atoms with Crippen LogP contribution in [0.2, 0.25) is 5.02 Å². The molecule has 3 unspecified atom stereocenters. The number of carbonyl (C=O) groups is 2. The van der Waals surface area contributed by atoms with Crippen molar-refractivity contribution in [3.05, 3.63) is 34.9 Å². The Kier molecular flexibility index (Phi) is 3.42. The van der Waals surface area contributed by atoms with Gasteiger partial charge >= 0.3 is 5.97 Å². The zero-order chi connectivity index (χ0) is 14.3. The minimum Gasteiger partial charge on any atom is -0.481 e. The molecule has 2 aliphatic rings. The highest BCUT2D eigenvalue weighted by Gasteiger charge is 2.51. The fraction of sp³-hybridized carbons (Fsp3) is 0.467. The molecule has 2 fully saturated rings. The Hall–Kier alpha value is -1.55. The van der Waals surface area contributed by atoms with Crippen LogP contribution in [0.25, 0.3) is 0 Å². The number of aliphatic carboxylic acids is 1. The SMILES string of the molecule is O=C(O)C1CC2CCC1N2C(=O)Cc1ccccc1Cl. The number of fused-ring (bicyclic) bond motifs is 2. The molecule has 0 aliphatic carbocycles. The quantitative estimate of drug-likeness (QED) is 0.930. The van der Waals surface area contributed by atoms with Crippen LogP contribution in [0.5, 0.6) is 0 Å². The van der Waals surface area contributed by atoms with E-state index in [0.717, 1.165) is 18.4 Å². The van der Waals surface area contributed by atoms with Gasteiger partial charge in [0.15, 0.2) is 0 Å². The Morgan fingerprint density at radius 2 is 2.05 bits per heavy atom. The first-order valence-electron chi connectivity index (χ1n) is 6.85. The zero-order valence-electron chi connectivity index (χ0n) is 11.0. The minimum atomic E-state index is -0.784. The maximum absolute atomic E-state index is 12.5. The summed E-state index contributed by atoms with van der Waals surface area (Å²) >= 11 is 6.08. The van der Waals surface area contributed by atoms with Crippen LogP contribution in [0.4, 0.5) is 0 Å². The van der Waals surface area contributed by atoms with E-state index in [1.54, 1.807) is 11.0 Å². The van der Waals surface area contributed by atoms with Gasteiger partial charge in [-0.2, -0.15) is 0 Å². The molecule has 1 aromatic rings. The number of rotatable bonds is 3. The van der Waals surface area contributed by atoms with Crippen LogP contribution in [0.3, 0.4) is 0 Å². The van der Waals surface area contributed by atoms with Crippen molar-refractivity contribution < 1.29 is 14.7 Å². The van der Waals surface area contributed by atoms with Crippen molar-refractivity contribution in [1.82, 2.24) is 4.90 Å². The average Bonchev–Trinajstić information content (AvgIpc) is 2.99. The molecule has 0 spiro atoms. The Morgan fingerprint density at radius 1 is 1.30 bits per heavy atom. The number of carboxylic acid groups (broad SMARTS) is 1. The van der Waals surface area contributed by atoms with Crippen molar-refractivity contribution in [2.75, 3.05) is 0 Å². The van der Waals surface area contributed by atoms with Crippen LogP contribution in [0.1, 0.15) is 24.8 Å². The predicted octanol–water partition coefficient (Wildman–Crippen LogP) is 2.35. The number of hydrogen-bond donors (Lipinski definition) is 1. The molecule has 2 aliphatic heterocycles. The molecule has 1 amide bonds. The van der Waals surface area contributed by atoms with Gasteiger partial charge in [0.1, 0.15) is 0 Å². The van der Waals surface area contributed by atoms with E-state index in [0.29, 0.717) is 11.4 Å². The fourth-order valence-corrected chi connectivity index (χ4v) is 3.74. The third-order valence-electron chi connectivity index (χ3n) is 4.44. The Bertz CT molecular complexity index is 560. The van der Waals surface area contributed by atoms with E-state index in [-0.39, 0.29) is 24.4 Å². The standard InChI is InChI=1S/C15H16ClNO3/c16-12-4-2-1-3-9(12)7-14(18)17-10-5-6-13(17)11(8-10)15(19)20/h1-4,10-11,13H,5-8H2,(H,19,20). The molecule has 4 nitrogen and oxygen atoms in total. The molecule has 20 heavy (non-hydrogen) atoms. The average molecular weight is 294 g/mol. The fourth-order valence-electron chi connectivity index (χ4n) is 3.54. The lowest BCUT2D eigenvalue weighted by Gasteiger charge is -2.23. The topological polar surface area (TPSA) is 57.6 Å². The monoisotopic (exact) mass is 293 g/mol. The Balaban J connectivity index is 1.76. The number of carboxylic acids is 1. The summed E-state index contributed by atoms with van der Waals surface area (Å²) in [5.74, 6) is -1.19. The van der Waals surface area contributed by atoms with Crippen LogP contribution in [0.15, 0.2) is 24.3 Å². The van der Waals surface area contributed by atoms with Crippen molar-refractivity contribution in [2.24, 2.45) is 5.92 Å². The van der Waals surface area contributed by atoms with Crippen LogP contribution in [-0.4, -0.2) is 34.0 Å². The van der Waals surface area contributed by atoms with Gasteiger partial charge in [0.05, 0.1) is 12.3 Å². The van der Waals surface area contributed by atoms with Crippen molar-refractivity contribution in [1.29, 1.82) is 0 Å². The molecule has 0 saturated carbocycles. The summed E-state index contributed by atoms with van der Waals surface area (Å²) in [5, 5.41) is 9.80. The molecule has 106 valence electrons. The molecule has 3 rings (SSSR count). The summed E-state index contributed by atoms with van der Waals surface area (Å²) in [4.78, 5) is 25.5. The Morgan fingerprint density at radius 3 is 2.70 bits per heavy atom. The van der Waals surface area contributed by atoms with Gasteiger partial charge in [-0.1, -0.05) is 29.8 Å². The van der Waals surface area contributed by atoms with E-state index in [4.69, 9.17) is 11.6 Å². The van der Waals surface area contributed by atoms with Crippen molar-refractivity contribution >= 4 is 23.5 Å². The maximum atomic E-state index is 12.5. The Labute approximate surface area is 122 Å². The molecule has 0 radical (unpaired) electrons. The first-order valence-corrected chi connectivity index (χ1v) is 7.23. The summed E-state index contributed by atoms with van der Waals surface area (Å²) in [6.07, 6.45) is 2.56. The van der Waals surface area contributed by atoms with Gasteiger partial charge < -0.3 is 10.0 Å². The van der Waals surface area contributed by atoms with E-state index in [1.807, 2.05) is 18.2 Å². The third kappa shape index (κ3) is 2.18. The van der Waals surface area contributed by atoms with Gasteiger partial charge in [-0.3, -0.25) is 9.59 Å². The van der Waals surface area contributed by atoms with Gasteiger partial charge in [0.2, 0.25) is 5.91 Å². The highest BCUT2D eigenvalue weighted by Crippen LogP contribution is 2.42. The van der Waals surface area contributed by atoms with Crippen molar-refractivity contribution in [3.8, 4) is 0 Å². The second-order valence-electron chi connectivity index (χ2n) is 5.55. The van der Waals surface area contributed by atoms with Crippen LogP contribution in [0, 0.1) is 5.92 Å². The highest BCUT2D eigenvalue weighted by atomic mass is 35.5. The second-order valence-corrected chi connectivity index (χ2v) is 5.96. The van der Waals surface area contributed by atoms with Crippen LogP contribution >= 0.6 is 11.6 Å². The normalized spacial score (nSPS) is 27.9. The third-order valence-corrected chi connectivity index (χ3v) is 4.81. The summed E-state index contributed by atoms with van der Waals surface area (Å²) in [7, 11) is 0. The van der Waals surface area contributed by atoms with E-state index < -0.39 is 11.9 Å². The van der Waals surface area contributed by atoms with Gasteiger partial charge in [-0.25, -0.2) is 0 Å². The van der Waals surface area contributed by atoms with E-state index >= 15 is 0 Å². The van der Waals surface area contributed by atoms with Gasteiger partial charge in [0.25, 0.3) is 0 Å². The number of amides is 1. The number of hydrogen-bond acceptors (Lipinski definition) is 2. The van der Waals surface area contributed by atoms with Gasteiger partial charge in [0, 0.05) is 17.1 Å². The molecule has 5 heteroatoms. The second kappa shape index (κ2) is 5.09. The van der Waals surface area contributed by atoms with Crippen LogP contribution in [-0.2, 0) is 16.0 Å². The van der Waals surface area contributed by atoms with E-state index in [1.165, 1.54) is 0 Å². The molecular weight excluding hydrogens is 278 g/mol. The van der Waals surface area contributed by atoms with E-state index in [2.05, 4.69) is 0 Å². The first-order chi connectivity index (χ1) is 9.58. The van der Waals surface area contributed by atoms with E-state index in [9.17, 15) is 14.7 Å². The molecular formula is C15H16ClNO3. The summed E-state index contributed by atoms with van der Waals surface area (Å²) < 4.78 is 0. The molecule has 0 aromatic heterocycles. The summed E-state index contributed by atoms with van der Waals surface area (Å²) in [6.45, 7) is 0. The van der Waals surface area contributed by atoms with Gasteiger partial charge in [-0.05, 0) is 30.9 Å². The largest absolute Gasteiger partial charge is 0.481 e. The number of benzene rings is 1. The molecule has 2 bridgehead atoms. The molecule has 1 aromatic carbocycles. The summed E-state index contributed by atoms with van der Waals surface area (Å²) in [6, 6.07) is 7.25. The number of carbonyl (C=O) groups excluding carboxylic acids is 1. The van der Waals surface area contributed by atoms with Crippen LogP contribution < -0.4 is 0 Å². The van der Waals surface area contributed by atoms with Crippen molar-refractivity contribution in [2.45, 2.75) is 37.8 Å². The van der Waals surface area contributed by atoms with Crippen molar-refractivity contribution in [3.63, 3.8) is 0 Å². The molecule has 2 saturated heterocycles. The van der Waals surface area contributed by atoms with Gasteiger partial charge in [-0.15, -0.1) is 0 Å². The molecule has 2 heterocycles. The molecule has 1 N–H and O–H groups in total. The lowest BCUT2D eigenvalue weighted by molar-refractivity contribution is -0.143. The highest BCUT2D eigenvalue weighted by molar-refractivity contribution is 6.31. The number of nitrogens with zero attached hydrogens (tertiary/aromatic N) is 1. The lowest BCUT2D eigenvalue weighted by atomic mass is 9.89. The number of halogens is 1. The maximum Gasteiger partial charge on any atom is 0.308 e.